The maximum Gasteiger partial charge on any atom is 0.437 e. The lowest BCUT2D eigenvalue weighted by Crippen LogP contribution is -2.45. The molecular weight excluding hydrogens is 278 g/mol. The van der Waals surface area contributed by atoms with Crippen molar-refractivity contribution in [2.24, 2.45) is 4.99 Å². The Balaban J connectivity index is 5.07. The lowest BCUT2D eigenvalue weighted by molar-refractivity contribution is -0.140. The molecule has 0 fully saturated rings. The Morgan fingerprint density at radius 1 is 1.24 bits per heavy atom. The number of likely N-dealkylation sites (N-methyl/N-ethyl adjacent to an activating group) is 1. The number of hydrogen-bond donors (Lipinski definition) is 1. The predicted molar refractivity (Wildman–Crippen MR) is 76.7 cm³/mol. The van der Waals surface area contributed by atoms with Crippen molar-refractivity contribution in [2.75, 3.05) is 20.7 Å². The largest absolute Gasteiger partial charge is 0.468 e. The fraction of sp³-hybridized carbons (Fsp3) is 0.692. The van der Waals surface area contributed by atoms with Crippen molar-refractivity contribution in [2.45, 2.75) is 39.7 Å². The Bertz CT molecular complexity index is 426. The molecule has 0 aliphatic heterocycles. The van der Waals surface area contributed by atoms with Crippen molar-refractivity contribution in [3.63, 3.8) is 0 Å². The van der Waals surface area contributed by atoms with Crippen LogP contribution in [0.1, 0.15) is 34.1 Å². The van der Waals surface area contributed by atoms with Gasteiger partial charge in [-0.2, -0.15) is 0 Å². The molecule has 2 amide bonds. The van der Waals surface area contributed by atoms with Gasteiger partial charge in [-0.15, -0.1) is 4.99 Å². The van der Waals surface area contributed by atoms with Gasteiger partial charge in [0.2, 0.25) is 11.9 Å². The number of methoxy groups -OCH3 is 1. The van der Waals surface area contributed by atoms with E-state index >= 15 is 0 Å². The molecule has 0 bridgehead atoms. The highest BCUT2D eigenvalue weighted by molar-refractivity contribution is 6.01. The molecular formula is C13H23N3O5. The molecule has 8 heteroatoms. The van der Waals surface area contributed by atoms with E-state index in [2.05, 4.69) is 15.0 Å². The van der Waals surface area contributed by atoms with E-state index in [1.165, 1.54) is 19.1 Å². The Hall–Kier alpha value is -2.12. The van der Waals surface area contributed by atoms with Crippen LogP contribution in [-0.2, 0) is 19.1 Å². The summed E-state index contributed by atoms with van der Waals surface area (Å²) in [6.07, 6.45) is -0.648. The van der Waals surface area contributed by atoms with Gasteiger partial charge in [0.05, 0.1) is 7.11 Å². The number of nitrogens with one attached hydrogen (secondary N) is 1. The molecule has 21 heavy (non-hydrogen) atoms. The van der Waals surface area contributed by atoms with Crippen molar-refractivity contribution in [1.29, 1.82) is 0 Å². The second-order valence-corrected chi connectivity index (χ2v) is 5.25. The third kappa shape index (κ3) is 8.61. The molecule has 0 aliphatic carbocycles. The van der Waals surface area contributed by atoms with Crippen molar-refractivity contribution in [3.05, 3.63) is 0 Å². The van der Waals surface area contributed by atoms with Crippen LogP contribution >= 0.6 is 0 Å². The van der Waals surface area contributed by atoms with Gasteiger partial charge in [0.1, 0.15) is 12.1 Å². The first-order valence-corrected chi connectivity index (χ1v) is 6.48. The summed E-state index contributed by atoms with van der Waals surface area (Å²) >= 11 is 0. The zero-order valence-electron chi connectivity index (χ0n) is 13.3. The number of rotatable bonds is 3. The number of esters is 1. The molecule has 0 aromatic rings. The average molecular weight is 301 g/mol. The Labute approximate surface area is 124 Å². The monoisotopic (exact) mass is 301 g/mol. The quantitative estimate of drug-likeness (QED) is 0.473. The van der Waals surface area contributed by atoms with Crippen LogP contribution in [-0.4, -0.2) is 55.1 Å². The number of hydrogen-bond acceptors (Lipinski definition) is 5. The molecule has 120 valence electrons. The van der Waals surface area contributed by atoms with Gasteiger partial charge in [-0.1, -0.05) is 6.92 Å². The summed E-state index contributed by atoms with van der Waals surface area (Å²) in [5.41, 5.74) is -0.707. The molecule has 0 aromatic carbocycles. The van der Waals surface area contributed by atoms with Crippen molar-refractivity contribution in [3.8, 4) is 0 Å². The van der Waals surface area contributed by atoms with Crippen LogP contribution in [0.15, 0.2) is 4.99 Å². The smallest absolute Gasteiger partial charge is 0.437 e. The minimum absolute atomic E-state index is 0.0681. The lowest BCUT2D eigenvalue weighted by Gasteiger charge is -2.21. The Kier molecular flexibility index (Phi) is 7.40. The van der Waals surface area contributed by atoms with Crippen LogP contribution in [0.25, 0.3) is 0 Å². The highest BCUT2D eigenvalue weighted by atomic mass is 16.6. The molecule has 0 aliphatic rings. The summed E-state index contributed by atoms with van der Waals surface area (Å²) in [6, 6.07) is 0. The number of carbonyl (C=O) groups excluding carboxylic acids is 3. The number of amides is 2. The molecule has 0 radical (unpaired) electrons. The van der Waals surface area contributed by atoms with Crippen LogP contribution < -0.4 is 5.32 Å². The third-order valence-corrected chi connectivity index (χ3v) is 2.12. The topological polar surface area (TPSA) is 97.3 Å². The van der Waals surface area contributed by atoms with Gasteiger partial charge in [0.15, 0.2) is 0 Å². The first-order chi connectivity index (χ1) is 9.58. The number of nitrogens with zero attached hydrogens (tertiary/aromatic N) is 2. The molecule has 0 aromatic heterocycles. The van der Waals surface area contributed by atoms with Gasteiger partial charge in [0, 0.05) is 13.5 Å². The Morgan fingerprint density at radius 2 is 1.81 bits per heavy atom. The molecule has 0 heterocycles. The van der Waals surface area contributed by atoms with Crippen molar-refractivity contribution in [1.82, 2.24) is 10.2 Å². The highest BCUT2D eigenvalue weighted by Crippen LogP contribution is 2.08. The average Bonchev–Trinajstić information content (AvgIpc) is 2.35. The number of guanidine groups is 1. The summed E-state index contributed by atoms with van der Waals surface area (Å²) in [6.45, 7) is 6.58. The number of aliphatic imine (C=N–C) groups is 1. The van der Waals surface area contributed by atoms with Gasteiger partial charge in [-0.3, -0.25) is 14.9 Å². The summed E-state index contributed by atoms with van der Waals surface area (Å²) in [5, 5.41) is 2.44. The van der Waals surface area contributed by atoms with Crippen molar-refractivity contribution >= 4 is 23.9 Å². The number of carbonyl (C=O) groups is 3. The minimum atomic E-state index is -0.856. The summed E-state index contributed by atoms with van der Waals surface area (Å²) in [4.78, 5) is 39.4. The van der Waals surface area contributed by atoms with E-state index in [1.807, 2.05) is 0 Å². The van der Waals surface area contributed by atoms with E-state index in [-0.39, 0.29) is 24.8 Å². The van der Waals surface area contributed by atoms with E-state index < -0.39 is 17.7 Å². The SMILES string of the molecule is CCC(=O)NC(=NC(=O)OC(C)(C)C)N(C)CC(=O)OC. The zero-order valence-corrected chi connectivity index (χ0v) is 13.3. The van der Waals surface area contributed by atoms with Crippen LogP contribution in [0, 0.1) is 0 Å². The molecule has 8 nitrogen and oxygen atoms in total. The van der Waals surface area contributed by atoms with Crippen molar-refractivity contribution < 1.29 is 23.9 Å². The van der Waals surface area contributed by atoms with Crippen LogP contribution in [0.3, 0.4) is 0 Å². The van der Waals surface area contributed by atoms with Gasteiger partial charge >= 0.3 is 12.1 Å². The minimum Gasteiger partial charge on any atom is -0.468 e. The highest BCUT2D eigenvalue weighted by Gasteiger charge is 2.19. The fourth-order valence-corrected chi connectivity index (χ4v) is 1.13. The first kappa shape index (κ1) is 18.9. The molecule has 0 spiro atoms. The van der Waals surface area contributed by atoms with E-state index in [9.17, 15) is 14.4 Å². The van der Waals surface area contributed by atoms with Gasteiger partial charge in [-0.05, 0) is 20.8 Å². The number of ether oxygens (including phenoxy) is 2. The van der Waals surface area contributed by atoms with E-state index in [0.29, 0.717) is 0 Å². The maximum atomic E-state index is 11.7. The molecule has 0 rings (SSSR count). The van der Waals surface area contributed by atoms with Crippen LogP contribution in [0.2, 0.25) is 0 Å². The fourth-order valence-electron chi connectivity index (χ4n) is 1.13. The molecule has 1 N–H and O–H groups in total. The van der Waals surface area contributed by atoms with E-state index in [4.69, 9.17) is 4.74 Å². The summed E-state index contributed by atoms with van der Waals surface area (Å²) in [7, 11) is 2.74. The zero-order chi connectivity index (χ0) is 16.6. The van der Waals surface area contributed by atoms with E-state index in [0.717, 1.165) is 0 Å². The summed E-state index contributed by atoms with van der Waals surface area (Å²) in [5.74, 6) is -0.935. The summed E-state index contributed by atoms with van der Waals surface area (Å²) < 4.78 is 9.57. The van der Waals surface area contributed by atoms with Gasteiger partial charge < -0.3 is 14.4 Å². The van der Waals surface area contributed by atoms with Crippen LogP contribution in [0.5, 0.6) is 0 Å². The second kappa shape index (κ2) is 8.23. The Morgan fingerprint density at radius 3 is 2.24 bits per heavy atom. The van der Waals surface area contributed by atoms with Crippen LogP contribution in [0.4, 0.5) is 4.79 Å². The standard InChI is InChI=1S/C13H23N3O5/c1-7-9(17)14-11(16(5)8-10(18)20-6)15-12(19)21-13(2,3)4/h7-8H2,1-6H3,(H,14,15,17,19). The molecule has 0 unspecified atom stereocenters. The van der Waals surface area contributed by atoms with Gasteiger partial charge in [0.25, 0.3) is 0 Å². The second-order valence-electron chi connectivity index (χ2n) is 5.25. The maximum absolute atomic E-state index is 11.7. The van der Waals surface area contributed by atoms with E-state index in [1.54, 1.807) is 27.7 Å². The predicted octanol–water partition coefficient (Wildman–Crippen LogP) is 0.909. The normalized spacial score (nSPS) is 11.6. The first-order valence-electron chi connectivity index (χ1n) is 6.48. The molecule has 0 saturated carbocycles. The molecule has 0 saturated heterocycles. The molecule has 0 atom stereocenters. The lowest BCUT2D eigenvalue weighted by atomic mass is 10.2. The third-order valence-electron chi connectivity index (χ3n) is 2.12. The van der Waals surface area contributed by atoms with Gasteiger partial charge in [-0.25, -0.2) is 4.79 Å².